The maximum Gasteiger partial charge on any atom is 0.0704 e. The fourth-order valence-electron chi connectivity index (χ4n) is 3.87. The minimum Gasteiger partial charge on any atom is -0.296 e. The normalized spacial score (nSPS) is 22.3. The van der Waals surface area contributed by atoms with E-state index in [9.17, 15) is 0 Å². The predicted molar refractivity (Wildman–Crippen MR) is 98.6 cm³/mol. The van der Waals surface area contributed by atoms with Crippen LogP contribution >= 0.6 is 0 Å². The lowest BCUT2D eigenvalue weighted by Gasteiger charge is -2.40. The van der Waals surface area contributed by atoms with Gasteiger partial charge in [0.1, 0.15) is 0 Å². The summed E-state index contributed by atoms with van der Waals surface area (Å²) in [6.07, 6.45) is 7.02. The molecule has 122 valence electrons. The van der Waals surface area contributed by atoms with Crippen LogP contribution in [0, 0.1) is 5.92 Å². The van der Waals surface area contributed by atoms with Crippen molar-refractivity contribution in [3.05, 3.63) is 54.2 Å². The van der Waals surface area contributed by atoms with Crippen LogP contribution in [-0.2, 0) is 6.42 Å². The van der Waals surface area contributed by atoms with Gasteiger partial charge in [-0.2, -0.15) is 0 Å². The molecule has 0 aliphatic carbocycles. The number of rotatable bonds is 5. The topological polar surface area (TPSA) is 16.1 Å². The fraction of sp³-hybridized carbons (Fsp3) is 0.476. The van der Waals surface area contributed by atoms with Gasteiger partial charge in [-0.25, -0.2) is 0 Å². The lowest BCUT2D eigenvalue weighted by Crippen LogP contribution is -2.45. The van der Waals surface area contributed by atoms with Gasteiger partial charge in [0.05, 0.1) is 5.52 Å². The number of fused-ring (bicyclic) bond motifs is 1. The van der Waals surface area contributed by atoms with Crippen molar-refractivity contribution in [2.75, 3.05) is 13.1 Å². The Balaban J connectivity index is 1.82. The second-order valence-electron chi connectivity index (χ2n) is 7.08. The smallest absolute Gasteiger partial charge is 0.0704 e. The Hall–Kier alpha value is -1.67. The first kappa shape index (κ1) is 16.2. The average molecular weight is 308 g/mol. The van der Waals surface area contributed by atoms with E-state index in [0.717, 1.165) is 24.4 Å². The Bertz CT molecular complexity index is 671. The molecule has 2 nitrogen and oxygen atoms in total. The molecule has 1 aliphatic heterocycles. The number of para-hydroxylation sites is 1. The number of benzene rings is 1. The minimum absolute atomic E-state index is 0.625. The van der Waals surface area contributed by atoms with E-state index in [-0.39, 0.29) is 0 Å². The third kappa shape index (κ3) is 3.81. The molecular weight excluding hydrogens is 280 g/mol. The van der Waals surface area contributed by atoms with Crippen molar-refractivity contribution < 1.29 is 0 Å². The van der Waals surface area contributed by atoms with Crippen LogP contribution < -0.4 is 0 Å². The second kappa shape index (κ2) is 7.27. The molecule has 2 aromatic rings. The summed E-state index contributed by atoms with van der Waals surface area (Å²) in [6, 6.07) is 11.3. The fourth-order valence-corrected chi connectivity index (χ4v) is 3.87. The summed E-state index contributed by atoms with van der Waals surface area (Å²) >= 11 is 0. The summed E-state index contributed by atoms with van der Waals surface area (Å²) in [6.45, 7) is 10.9. The van der Waals surface area contributed by atoms with Gasteiger partial charge in [0.2, 0.25) is 0 Å². The highest BCUT2D eigenvalue weighted by Crippen LogP contribution is 2.28. The van der Waals surface area contributed by atoms with Crippen molar-refractivity contribution in [3.8, 4) is 0 Å². The first-order chi connectivity index (χ1) is 11.2. The largest absolute Gasteiger partial charge is 0.296 e. The predicted octanol–water partition coefficient (Wildman–Crippen LogP) is 4.84. The molecule has 1 fully saturated rings. The minimum atomic E-state index is 0.625. The average Bonchev–Trinajstić information content (AvgIpc) is 2.56. The summed E-state index contributed by atoms with van der Waals surface area (Å²) in [4.78, 5) is 7.16. The summed E-state index contributed by atoms with van der Waals surface area (Å²) in [5, 5.41) is 1.31. The lowest BCUT2D eigenvalue weighted by molar-refractivity contribution is 0.116. The molecule has 2 unspecified atom stereocenters. The molecule has 2 atom stereocenters. The number of pyridine rings is 1. The van der Waals surface area contributed by atoms with E-state index < -0.39 is 0 Å². The lowest BCUT2D eigenvalue weighted by atomic mass is 9.87. The van der Waals surface area contributed by atoms with Crippen molar-refractivity contribution >= 4 is 10.9 Å². The van der Waals surface area contributed by atoms with E-state index in [1.165, 1.54) is 42.3 Å². The highest BCUT2D eigenvalue weighted by atomic mass is 15.2. The molecule has 0 amide bonds. The SMILES string of the molecule is C=C(C)CN1CC(CC)CCC1Cc1ccnc2ccccc12. The van der Waals surface area contributed by atoms with Crippen LogP contribution in [0.1, 0.15) is 38.7 Å². The Morgan fingerprint density at radius 3 is 2.87 bits per heavy atom. The van der Waals surface area contributed by atoms with Crippen molar-refractivity contribution in [3.63, 3.8) is 0 Å². The van der Waals surface area contributed by atoms with Crippen LogP contribution in [0.3, 0.4) is 0 Å². The maximum atomic E-state index is 4.50. The summed E-state index contributed by atoms with van der Waals surface area (Å²) in [5.74, 6) is 0.847. The zero-order valence-electron chi connectivity index (χ0n) is 14.5. The molecule has 1 aliphatic rings. The van der Waals surface area contributed by atoms with Crippen molar-refractivity contribution in [2.45, 2.75) is 45.6 Å². The summed E-state index contributed by atoms with van der Waals surface area (Å²) < 4.78 is 0. The standard InChI is InChI=1S/C21H28N2/c1-4-17-9-10-19(23(15-17)14-16(2)3)13-18-11-12-22-21-8-6-5-7-20(18)21/h5-8,11-12,17,19H,2,4,9-10,13-15H2,1,3H3. The summed E-state index contributed by atoms with van der Waals surface area (Å²) in [7, 11) is 0. The molecule has 2 heteroatoms. The Labute approximate surface area is 140 Å². The van der Waals surface area contributed by atoms with Crippen LogP contribution in [0.5, 0.6) is 0 Å². The number of likely N-dealkylation sites (tertiary alicyclic amines) is 1. The van der Waals surface area contributed by atoms with E-state index in [1.807, 2.05) is 6.20 Å². The number of piperidine rings is 1. The monoisotopic (exact) mass is 308 g/mol. The molecule has 0 spiro atoms. The Morgan fingerprint density at radius 2 is 2.09 bits per heavy atom. The molecule has 2 heterocycles. The van der Waals surface area contributed by atoms with Gasteiger partial charge < -0.3 is 0 Å². The van der Waals surface area contributed by atoms with E-state index >= 15 is 0 Å². The van der Waals surface area contributed by atoms with Crippen LogP contribution in [-0.4, -0.2) is 29.0 Å². The van der Waals surface area contributed by atoms with Crippen LogP contribution in [0.2, 0.25) is 0 Å². The third-order valence-electron chi connectivity index (χ3n) is 5.16. The number of hydrogen-bond acceptors (Lipinski definition) is 2. The van der Waals surface area contributed by atoms with Gasteiger partial charge in [-0.3, -0.25) is 9.88 Å². The van der Waals surface area contributed by atoms with Gasteiger partial charge in [0.15, 0.2) is 0 Å². The first-order valence-corrected chi connectivity index (χ1v) is 8.88. The van der Waals surface area contributed by atoms with E-state index in [0.29, 0.717) is 6.04 Å². The zero-order valence-corrected chi connectivity index (χ0v) is 14.5. The molecule has 3 rings (SSSR count). The molecule has 0 bridgehead atoms. The quantitative estimate of drug-likeness (QED) is 0.734. The van der Waals surface area contributed by atoms with E-state index in [4.69, 9.17) is 0 Å². The number of nitrogens with zero attached hydrogens (tertiary/aromatic N) is 2. The number of aromatic nitrogens is 1. The molecule has 23 heavy (non-hydrogen) atoms. The van der Waals surface area contributed by atoms with Crippen molar-refractivity contribution in [2.24, 2.45) is 5.92 Å². The van der Waals surface area contributed by atoms with Crippen molar-refractivity contribution in [1.29, 1.82) is 0 Å². The molecule has 1 saturated heterocycles. The van der Waals surface area contributed by atoms with Gasteiger partial charge in [-0.05, 0) is 49.8 Å². The van der Waals surface area contributed by atoms with Gasteiger partial charge in [0.25, 0.3) is 0 Å². The molecule has 0 radical (unpaired) electrons. The first-order valence-electron chi connectivity index (χ1n) is 8.88. The molecule has 1 aromatic heterocycles. The van der Waals surface area contributed by atoms with Crippen LogP contribution in [0.15, 0.2) is 48.7 Å². The van der Waals surface area contributed by atoms with Crippen LogP contribution in [0.4, 0.5) is 0 Å². The second-order valence-corrected chi connectivity index (χ2v) is 7.08. The Kier molecular flexibility index (Phi) is 5.12. The third-order valence-corrected chi connectivity index (χ3v) is 5.16. The Morgan fingerprint density at radius 1 is 1.26 bits per heavy atom. The molecular formula is C21H28N2. The van der Waals surface area contributed by atoms with Gasteiger partial charge in [-0.15, -0.1) is 0 Å². The van der Waals surface area contributed by atoms with E-state index in [2.05, 4.69) is 60.6 Å². The molecule has 0 saturated carbocycles. The highest BCUT2D eigenvalue weighted by molar-refractivity contribution is 5.81. The van der Waals surface area contributed by atoms with Gasteiger partial charge in [-0.1, -0.05) is 43.7 Å². The molecule has 0 N–H and O–H groups in total. The summed E-state index contributed by atoms with van der Waals surface area (Å²) in [5.41, 5.74) is 3.81. The zero-order chi connectivity index (χ0) is 16.2. The highest BCUT2D eigenvalue weighted by Gasteiger charge is 2.27. The maximum absolute atomic E-state index is 4.50. The van der Waals surface area contributed by atoms with Gasteiger partial charge in [0, 0.05) is 30.7 Å². The van der Waals surface area contributed by atoms with Gasteiger partial charge >= 0.3 is 0 Å². The van der Waals surface area contributed by atoms with E-state index in [1.54, 1.807) is 0 Å². The molecule has 1 aromatic carbocycles. The van der Waals surface area contributed by atoms with Crippen molar-refractivity contribution in [1.82, 2.24) is 9.88 Å². The number of hydrogen-bond donors (Lipinski definition) is 0. The van der Waals surface area contributed by atoms with Crippen LogP contribution in [0.25, 0.3) is 10.9 Å².